The number of carbonyl (C=O) groups is 2. The molecular weight excluding hydrogens is 319 g/mol. The first-order valence-corrected chi connectivity index (χ1v) is 6.47. The number of nitrogens with one attached hydrogen (secondary N) is 2. The molecule has 0 aliphatic carbocycles. The number of anilines is 1. The van der Waals surface area contributed by atoms with Gasteiger partial charge in [0.2, 0.25) is 5.91 Å². The maximum atomic E-state index is 13.0. The number of carboxylic acid groups (broad SMARTS) is 1. The molecule has 2 atom stereocenters. The van der Waals surface area contributed by atoms with Gasteiger partial charge < -0.3 is 15.7 Å². The molecule has 2 unspecified atom stereocenters. The zero-order valence-corrected chi connectivity index (χ0v) is 11.4. The molecule has 1 aliphatic rings. The highest BCUT2D eigenvalue weighted by Gasteiger charge is 2.29. The number of amides is 1. The zero-order chi connectivity index (χ0) is 14.0. The molecular formula is C12H12BrFN2O3. The van der Waals surface area contributed by atoms with Gasteiger partial charge >= 0.3 is 5.97 Å². The quantitative estimate of drug-likeness (QED) is 0.789. The number of carboxylic acids is 1. The molecule has 5 nitrogen and oxygen atoms in total. The topological polar surface area (TPSA) is 78.4 Å². The summed E-state index contributed by atoms with van der Waals surface area (Å²) in [4.78, 5) is 22.7. The van der Waals surface area contributed by atoms with E-state index in [1.54, 1.807) is 6.07 Å². The minimum Gasteiger partial charge on any atom is -0.478 e. The molecule has 0 saturated carbocycles. The van der Waals surface area contributed by atoms with Crippen LogP contribution in [0.3, 0.4) is 0 Å². The highest BCUT2D eigenvalue weighted by Crippen LogP contribution is 2.21. The van der Waals surface area contributed by atoms with Crippen LogP contribution in [0.1, 0.15) is 16.8 Å². The molecule has 1 amide bonds. The van der Waals surface area contributed by atoms with Crippen molar-refractivity contribution < 1.29 is 19.1 Å². The highest BCUT2D eigenvalue weighted by molar-refractivity contribution is 9.10. The van der Waals surface area contributed by atoms with Gasteiger partial charge in [-0.2, -0.15) is 0 Å². The monoisotopic (exact) mass is 330 g/mol. The van der Waals surface area contributed by atoms with Crippen molar-refractivity contribution in [3.8, 4) is 0 Å². The fourth-order valence-corrected chi connectivity index (χ4v) is 2.40. The van der Waals surface area contributed by atoms with Crippen LogP contribution in [-0.2, 0) is 4.79 Å². The van der Waals surface area contributed by atoms with Crippen LogP contribution in [0.25, 0.3) is 0 Å². The maximum absolute atomic E-state index is 13.0. The molecule has 1 fully saturated rings. The molecule has 19 heavy (non-hydrogen) atoms. The van der Waals surface area contributed by atoms with E-state index in [4.69, 9.17) is 5.11 Å². The Hall–Kier alpha value is -1.47. The molecule has 2 rings (SSSR count). The molecule has 0 bridgehead atoms. The van der Waals surface area contributed by atoms with Crippen molar-refractivity contribution >= 4 is 33.5 Å². The third kappa shape index (κ3) is 3.51. The lowest BCUT2D eigenvalue weighted by atomic mass is 10.1. The van der Waals surface area contributed by atoms with E-state index in [1.165, 1.54) is 12.1 Å². The van der Waals surface area contributed by atoms with Gasteiger partial charge in [0.1, 0.15) is 6.17 Å². The largest absolute Gasteiger partial charge is 0.478 e. The van der Waals surface area contributed by atoms with Gasteiger partial charge in [-0.15, -0.1) is 0 Å². The van der Waals surface area contributed by atoms with E-state index in [2.05, 4.69) is 26.6 Å². The van der Waals surface area contributed by atoms with E-state index >= 15 is 0 Å². The molecule has 1 saturated heterocycles. The Morgan fingerprint density at radius 1 is 1.42 bits per heavy atom. The Kier molecular flexibility index (Phi) is 4.16. The minimum absolute atomic E-state index is 0.0624. The Labute approximate surface area is 117 Å². The third-order valence-electron chi connectivity index (χ3n) is 2.81. The first kappa shape index (κ1) is 14.0. The molecule has 1 aliphatic heterocycles. The fraction of sp³-hybridized carbons (Fsp3) is 0.333. The Balaban J connectivity index is 2.10. The summed E-state index contributed by atoms with van der Waals surface area (Å²) in [5, 5.41) is 14.3. The van der Waals surface area contributed by atoms with Gasteiger partial charge in [0.15, 0.2) is 0 Å². The van der Waals surface area contributed by atoms with Crippen molar-refractivity contribution in [3.63, 3.8) is 0 Å². The number of hydrogen-bond acceptors (Lipinski definition) is 3. The molecule has 7 heteroatoms. The lowest BCUT2D eigenvalue weighted by Gasteiger charge is -2.11. The summed E-state index contributed by atoms with van der Waals surface area (Å²) in [6.45, 7) is 0.164. The Morgan fingerprint density at radius 3 is 2.74 bits per heavy atom. The van der Waals surface area contributed by atoms with Crippen molar-refractivity contribution in [2.45, 2.75) is 18.6 Å². The SMILES string of the molecule is O=C(O)c1cc(Br)cc(NC(=O)C2CC(F)CN2)c1. The van der Waals surface area contributed by atoms with Crippen LogP contribution >= 0.6 is 15.9 Å². The van der Waals surface area contributed by atoms with Crippen LogP contribution in [0.2, 0.25) is 0 Å². The second kappa shape index (κ2) is 5.66. The second-order valence-corrected chi connectivity index (χ2v) is 5.23. The third-order valence-corrected chi connectivity index (χ3v) is 3.26. The van der Waals surface area contributed by atoms with Crippen molar-refractivity contribution in [1.82, 2.24) is 5.32 Å². The predicted octanol–water partition coefficient (Wildman–Crippen LogP) is 1.79. The van der Waals surface area contributed by atoms with Gasteiger partial charge in [-0.1, -0.05) is 15.9 Å². The highest BCUT2D eigenvalue weighted by atomic mass is 79.9. The zero-order valence-electron chi connectivity index (χ0n) is 9.82. The van der Waals surface area contributed by atoms with Crippen molar-refractivity contribution in [2.24, 2.45) is 0 Å². The number of alkyl halides is 1. The minimum atomic E-state index is -1.08. The van der Waals surface area contributed by atoms with Crippen LogP contribution in [0, 0.1) is 0 Å². The van der Waals surface area contributed by atoms with E-state index in [0.717, 1.165) is 0 Å². The summed E-state index contributed by atoms with van der Waals surface area (Å²) in [5.74, 6) is -1.45. The van der Waals surface area contributed by atoms with E-state index in [9.17, 15) is 14.0 Å². The van der Waals surface area contributed by atoms with Gasteiger partial charge in [-0.25, -0.2) is 9.18 Å². The summed E-state index contributed by atoms with van der Waals surface area (Å²) in [6.07, 6.45) is -0.890. The van der Waals surface area contributed by atoms with E-state index in [0.29, 0.717) is 10.2 Å². The summed E-state index contributed by atoms with van der Waals surface area (Å²) in [6, 6.07) is 3.80. The fourth-order valence-electron chi connectivity index (χ4n) is 1.91. The first-order chi connectivity index (χ1) is 8.95. The number of benzene rings is 1. The number of aromatic carboxylic acids is 1. The summed E-state index contributed by atoms with van der Waals surface area (Å²) < 4.78 is 13.5. The van der Waals surface area contributed by atoms with Crippen molar-refractivity contribution in [2.75, 3.05) is 11.9 Å². The van der Waals surface area contributed by atoms with Crippen molar-refractivity contribution in [1.29, 1.82) is 0 Å². The van der Waals surface area contributed by atoms with Gasteiger partial charge in [0.05, 0.1) is 11.6 Å². The predicted molar refractivity (Wildman–Crippen MR) is 71.0 cm³/mol. The van der Waals surface area contributed by atoms with E-state index in [-0.39, 0.29) is 24.4 Å². The average molecular weight is 331 g/mol. The lowest BCUT2D eigenvalue weighted by Crippen LogP contribution is -2.35. The first-order valence-electron chi connectivity index (χ1n) is 5.68. The Morgan fingerprint density at radius 2 is 2.16 bits per heavy atom. The standard InChI is InChI=1S/C12H12BrFN2O3/c13-7-1-6(12(18)19)2-9(3-7)16-11(17)10-4-8(14)5-15-10/h1-3,8,10,15H,4-5H2,(H,16,17)(H,18,19). The molecule has 0 aromatic heterocycles. The van der Waals surface area contributed by atoms with Gasteiger partial charge in [-0.05, 0) is 18.2 Å². The smallest absolute Gasteiger partial charge is 0.335 e. The summed E-state index contributed by atoms with van der Waals surface area (Å²) in [7, 11) is 0. The van der Waals surface area contributed by atoms with Gasteiger partial charge in [0, 0.05) is 23.1 Å². The summed E-state index contributed by atoms with van der Waals surface area (Å²) >= 11 is 3.17. The maximum Gasteiger partial charge on any atom is 0.335 e. The number of carbonyl (C=O) groups excluding carboxylic acids is 1. The molecule has 1 aromatic rings. The van der Waals surface area contributed by atoms with Crippen LogP contribution in [0.4, 0.5) is 10.1 Å². The normalized spacial score (nSPS) is 22.2. The lowest BCUT2D eigenvalue weighted by molar-refractivity contribution is -0.117. The second-order valence-electron chi connectivity index (χ2n) is 4.32. The summed E-state index contributed by atoms with van der Waals surface area (Å²) in [5.41, 5.74) is 0.424. The number of rotatable bonds is 3. The van der Waals surface area contributed by atoms with Crippen molar-refractivity contribution in [3.05, 3.63) is 28.2 Å². The molecule has 1 aromatic carbocycles. The van der Waals surface area contributed by atoms with Crippen LogP contribution in [0.15, 0.2) is 22.7 Å². The van der Waals surface area contributed by atoms with Crippen LogP contribution in [0.5, 0.6) is 0 Å². The molecule has 0 radical (unpaired) electrons. The van der Waals surface area contributed by atoms with Crippen LogP contribution in [-0.4, -0.2) is 35.7 Å². The van der Waals surface area contributed by atoms with Gasteiger partial charge in [-0.3, -0.25) is 4.79 Å². The van der Waals surface area contributed by atoms with E-state index < -0.39 is 18.2 Å². The van der Waals surface area contributed by atoms with Crippen LogP contribution < -0.4 is 10.6 Å². The number of halogens is 2. The molecule has 1 heterocycles. The number of hydrogen-bond donors (Lipinski definition) is 3. The molecule has 0 spiro atoms. The van der Waals surface area contributed by atoms with Gasteiger partial charge in [0.25, 0.3) is 0 Å². The molecule has 102 valence electrons. The molecule has 3 N–H and O–H groups in total. The Bertz CT molecular complexity index is 524. The average Bonchev–Trinajstić information content (AvgIpc) is 2.75. The van der Waals surface area contributed by atoms with E-state index in [1.807, 2.05) is 0 Å².